The summed E-state index contributed by atoms with van der Waals surface area (Å²) in [6, 6.07) is 23.8. The third-order valence-corrected chi connectivity index (χ3v) is 10.7. The molecule has 0 spiro atoms. The molecule has 2 bridgehead atoms. The standard InChI is InChI=1S/C16H13.C11H14OSi.2ClH.Zr/c1-12-10-14-8-5-9-15(16(14)11-12)13-6-3-2-4-7-13;1-6-5-8-9(12-6)11-7(2)10(8)13(11,3)4;;;/h2-11H,1H3;5,11H,1-4H3;2*1H;/q-1;;;;+3/p-2. The third kappa shape index (κ3) is 4.18. The topological polar surface area (TPSA) is 13.1 Å². The second kappa shape index (κ2) is 9.94. The first-order chi connectivity index (χ1) is 13.9. The Bertz CT molecular complexity index is 1270. The Balaban J connectivity index is 0.000000211. The fraction of sp³-hybridized carbons (Fsp3) is 0.222. The van der Waals surface area contributed by atoms with Crippen LogP contribution in [-0.2, 0) is 26.2 Å². The molecule has 1 atom stereocenters. The Kier molecular flexibility index (Phi) is 8.38. The van der Waals surface area contributed by atoms with E-state index >= 15 is 0 Å². The molecule has 5 heteroatoms. The van der Waals surface area contributed by atoms with E-state index in [0.29, 0.717) is 5.54 Å². The Morgan fingerprint density at radius 3 is 2.16 bits per heavy atom. The number of halogens is 2. The van der Waals surface area contributed by atoms with Crippen molar-refractivity contribution in [1.29, 1.82) is 0 Å². The van der Waals surface area contributed by atoms with Crippen molar-refractivity contribution in [2.24, 2.45) is 0 Å². The number of furan rings is 1. The molecule has 0 N–H and O–H groups in total. The van der Waals surface area contributed by atoms with E-state index in [0.717, 1.165) is 5.76 Å². The number of aryl methyl sites for hydroxylation is 2. The van der Waals surface area contributed by atoms with Gasteiger partial charge in [0.05, 0.1) is 8.07 Å². The van der Waals surface area contributed by atoms with Gasteiger partial charge in [0, 0.05) is 11.1 Å². The van der Waals surface area contributed by atoms with Crippen LogP contribution < -0.4 is 24.8 Å². The normalized spacial score (nSPS) is 16.6. The molecule has 1 nitrogen and oxygen atoms in total. The second-order valence-electron chi connectivity index (χ2n) is 9.05. The van der Waals surface area contributed by atoms with E-state index in [2.05, 4.69) is 93.7 Å². The van der Waals surface area contributed by atoms with E-state index in [1.165, 1.54) is 38.8 Å². The molecule has 7 rings (SSSR count). The second-order valence-corrected chi connectivity index (χ2v) is 13.6. The number of allylic oxidation sites excluding steroid dienone is 1. The molecule has 1 radical (unpaired) electrons. The molecular formula is C27H27Cl2OSiZr. The van der Waals surface area contributed by atoms with E-state index in [4.69, 9.17) is 4.42 Å². The van der Waals surface area contributed by atoms with Crippen molar-refractivity contribution in [3.8, 4) is 11.1 Å². The van der Waals surface area contributed by atoms with E-state index < -0.39 is 8.07 Å². The molecular weight excluding hydrogens is 531 g/mol. The van der Waals surface area contributed by atoms with Gasteiger partial charge in [-0.1, -0.05) is 67.6 Å². The van der Waals surface area contributed by atoms with Gasteiger partial charge in [-0.15, -0.1) is 34.5 Å². The van der Waals surface area contributed by atoms with Gasteiger partial charge in [-0.25, -0.2) is 0 Å². The first-order valence-electron chi connectivity index (χ1n) is 10.4. The fourth-order valence-corrected chi connectivity index (χ4v) is 9.75. The van der Waals surface area contributed by atoms with Crippen molar-refractivity contribution in [3.05, 3.63) is 95.0 Å². The van der Waals surface area contributed by atoms with Crippen LogP contribution in [0.25, 0.3) is 27.1 Å². The maximum Gasteiger partial charge on any atom is 3.00 e. The molecule has 3 heterocycles. The summed E-state index contributed by atoms with van der Waals surface area (Å²) in [5, 5.41) is 4.36. The van der Waals surface area contributed by atoms with Crippen LogP contribution in [0.2, 0.25) is 13.1 Å². The minimum Gasteiger partial charge on any atom is -1.00 e. The van der Waals surface area contributed by atoms with Crippen LogP contribution in [0.5, 0.6) is 0 Å². The SMILES string of the molecule is CC1=C2c3cc(C)oc3C1[Si]2(C)C.Cc1cc2c(-c3ccccc3)cccc2[cH-]1.[Cl-].[Cl-].[Zr+3]. The molecule has 0 saturated carbocycles. The van der Waals surface area contributed by atoms with Crippen LogP contribution in [0.3, 0.4) is 0 Å². The van der Waals surface area contributed by atoms with Crippen molar-refractivity contribution in [2.75, 3.05) is 0 Å². The van der Waals surface area contributed by atoms with Gasteiger partial charge >= 0.3 is 26.2 Å². The zero-order valence-corrected chi connectivity index (χ0v) is 24.1. The van der Waals surface area contributed by atoms with Crippen LogP contribution in [0, 0.1) is 13.8 Å². The Hall–Kier alpha value is -1.25. The number of rotatable bonds is 1. The maximum absolute atomic E-state index is 5.78. The van der Waals surface area contributed by atoms with Crippen LogP contribution in [0.1, 0.15) is 35.1 Å². The number of hydrogen-bond acceptors (Lipinski definition) is 1. The molecule has 1 aliphatic carbocycles. The smallest absolute Gasteiger partial charge is 1.00 e. The molecule has 163 valence electrons. The summed E-state index contributed by atoms with van der Waals surface area (Å²) < 4.78 is 5.78. The van der Waals surface area contributed by atoms with Crippen molar-refractivity contribution in [1.82, 2.24) is 0 Å². The Labute approximate surface area is 223 Å². The van der Waals surface area contributed by atoms with Crippen LogP contribution in [0.4, 0.5) is 0 Å². The van der Waals surface area contributed by atoms with Gasteiger partial charge in [-0.05, 0) is 30.7 Å². The monoisotopic (exact) mass is 555 g/mol. The zero-order valence-electron chi connectivity index (χ0n) is 19.1. The van der Waals surface area contributed by atoms with E-state index in [1.54, 1.807) is 10.8 Å². The first-order valence-corrected chi connectivity index (χ1v) is 13.5. The number of fused-ring (bicyclic) bond motifs is 1. The van der Waals surface area contributed by atoms with Gasteiger partial charge < -0.3 is 29.2 Å². The summed E-state index contributed by atoms with van der Waals surface area (Å²) >= 11 is 0. The van der Waals surface area contributed by atoms with Crippen molar-refractivity contribution in [2.45, 2.75) is 39.4 Å². The van der Waals surface area contributed by atoms with Gasteiger partial charge in [0.25, 0.3) is 0 Å². The first kappa shape index (κ1) is 27.0. The fourth-order valence-electron chi connectivity index (χ4n) is 5.54. The van der Waals surface area contributed by atoms with Crippen molar-refractivity contribution in [3.63, 3.8) is 0 Å². The minimum absolute atomic E-state index is 0. The molecule has 32 heavy (non-hydrogen) atoms. The van der Waals surface area contributed by atoms with Gasteiger partial charge in [-0.2, -0.15) is 6.07 Å². The maximum atomic E-state index is 5.78. The number of benzene rings is 2. The van der Waals surface area contributed by atoms with Crippen LogP contribution in [-0.4, -0.2) is 8.07 Å². The number of hydrogen-bond donors (Lipinski definition) is 0. The zero-order chi connectivity index (χ0) is 20.3. The average molecular weight is 558 g/mol. The Morgan fingerprint density at radius 2 is 1.53 bits per heavy atom. The van der Waals surface area contributed by atoms with Crippen LogP contribution in [0.15, 0.2) is 76.7 Å². The minimum atomic E-state index is -1.10. The molecule has 1 unspecified atom stereocenters. The summed E-state index contributed by atoms with van der Waals surface area (Å²) in [4.78, 5) is 0. The molecule has 3 aliphatic rings. The summed E-state index contributed by atoms with van der Waals surface area (Å²) in [6.45, 7) is 11.4. The van der Waals surface area contributed by atoms with E-state index in [1.807, 2.05) is 6.92 Å². The molecule has 1 aromatic heterocycles. The molecule has 0 amide bonds. The van der Waals surface area contributed by atoms with Gasteiger partial charge in [0.15, 0.2) is 0 Å². The quantitative estimate of drug-likeness (QED) is 0.257. The van der Waals surface area contributed by atoms with E-state index in [-0.39, 0.29) is 51.0 Å². The predicted molar refractivity (Wildman–Crippen MR) is 126 cm³/mol. The van der Waals surface area contributed by atoms with E-state index in [9.17, 15) is 0 Å². The molecule has 4 aromatic rings. The average Bonchev–Trinajstić information content (AvgIpc) is 3.36. The summed E-state index contributed by atoms with van der Waals surface area (Å²) in [6.07, 6.45) is 0. The van der Waals surface area contributed by atoms with Crippen molar-refractivity contribution < 1.29 is 55.4 Å². The van der Waals surface area contributed by atoms with Gasteiger partial charge in [-0.3, -0.25) is 0 Å². The van der Waals surface area contributed by atoms with Gasteiger partial charge in [0.1, 0.15) is 11.5 Å². The Morgan fingerprint density at radius 1 is 0.844 bits per heavy atom. The molecule has 0 fully saturated rings. The van der Waals surface area contributed by atoms with Gasteiger partial charge in [0.2, 0.25) is 0 Å². The molecule has 2 aliphatic heterocycles. The molecule has 0 saturated heterocycles. The molecule has 3 aromatic carbocycles. The largest absolute Gasteiger partial charge is 3.00 e. The van der Waals surface area contributed by atoms with Crippen molar-refractivity contribution >= 4 is 24.0 Å². The third-order valence-electron chi connectivity index (χ3n) is 6.59. The predicted octanol–water partition coefficient (Wildman–Crippen LogP) is 1.80. The summed E-state index contributed by atoms with van der Waals surface area (Å²) in [5.74, 6) is 2.35. The summed E-state index contributed by atoms with van der Waals surface area (Å²) in [5.41, 5.74) is 7.68. The van der Waals surface area contributed by atoms with Crippen LogP contribution >= 0.6 is 0 Å². The summed E-state index contributed by atoms with van der Waals surface area (Å²) in [7, 11) is -1.10.